The minimum Gasteiger partial charge on any atom is -0.447 e. The quantitative estimate of drug-likeness (QED) is 0.612. The third-order valence-corrected chi connectivity index (χ3v) is 6.62. The molecule has 12 heteroatoms. The van der Waals surface area contributed by atoms with E-state index in [0.29, 0.717) is 8.78 Å². The highest BCUT2D eigenvalue weighted by Crippen LogP contribution is 2.19. The number of carbonyl (C=O) groups is 1. The Hall–Kier alpha value is -1.21. The van der Waals surface area contributed by atoms with Crippen molar-refractivity contribution in [3.05, 3.63) is 28.7 Å². The monoisotopic (exact) mass is 456 g/mol. The molecule has 1 aliphatic rings. The van der Waals surface area contributed by atoms with Gasteiger partial charge < -0.3 is 4.74 Å². The molecule has 1 saturated heterocycles. The molecule has 1 aromatic carbocycles. The van der Waals surface area contributed by atoms with Gasteiger partial charge in [0.2, 0.25) is 0 Å². The second-order valence-corrected chi connectivity index (χ2v) is 9.97. The van der Waals surface area contributed by atoms with Gasteiger partial charge in [-0.05, 0) is 38.1 Å². The third kappa shape index (κ3) is 5.14. The summed E-state index contributed by atoms with van der Waals surface area (Å²) < 4.78 is 61.7. The van der Waals surface area contributed by atoms with E-state index in [9.17, 15) is 21.6 Å². The molecule has 0 radical (unpaired) electrons. The maximum absolute atomic E-state index is 12.2. The summed E-state index contributed by atoms with van der Waals surface area (Å²) in [5, 5.41) is 0. The van der Waals surface area contributed by atoms with Gasteiger partial charge in [0, 0.05) is 4.47 Å². The predicted molar refractivity (Wildman–Crippen MR) is 91.5 cm³/mol. The summed E-state index contributed by atoms with van der Waals surface area (Å²) in [6.07, 6.45) is -0.980. The van der Waals surface area contributed by atoms with Crippen LogP contribution in [0.4, 0.5) is 4.79 Å². The Kier molecular flexibility index (Phi) is 5.78. The second-order valence-electron chi connectivity index (χ2n) is 5.85. The molecule has 9 nitrogen and oxygen atoms in total. The standard InChI is InChI=1S/C13H17BrN2O7S2/c1-13(2,15-25(20,21)16-7-8-22-12(16)17)9-23-24(18,19)11-5-3-10(14)4-6-11/h3-6,15H,7-9H2,1-2H3. The molecule has 0 atom stereocenters. The van der Waals surface area contributed by atoms with E-state index in [1.54, 1.807) is 12.1 Å². The molecular formula is C13H17BrN2O7S2. The van der Waals surface area contributed by atoms with E-state index in [4.69, 9.17) is 4.18 Å². The van der Waals surface area contributed by atoms with Gasteiger partial charge in [-0.3, -0.25) is 4.18 Å². The molecule has 140 valence electrons. The van der Waals surface area contributed by atoms with Crippen molar-refractivity contribution in [2.24, 2.45) is 0 Å². The fourth-order valence-electron chi connectivity index (χ4n) is 1.93. The molecule has 1 aliphatic heterocycles. The molecule has 0 spiro atoms. The first-order valence-corrected chi connectivity index (χ1v) is 10.7. The van der Waals surface area contributed by atoms with Crippen molar-refractivity contribution < 1.29 is 30.6 Å². The van der Waals surface area contributed by atoms with Crippen LogP contribution in [0.5, 0.6) is 0 Å². The Morgan fingerprint density at radius 2 is 1.84 bits per heavy atom. The summed E-state index contributed by atoms with van der Waals surface area (Å²) >= 11 is 3.20. The number of hydrogen-bond donors (Lipinski definition) is 1. The van der Waals surface area contributed by atoms with Gasteiger partial charge in [-0.2, -0.15) is 25.9 Å². The normalized spacial score (nSPS) is 16.1. The Morgan fingerprint density at radius 3 is 2.36 bits per heavy atom. The fourth-order valence-corrected chi connectivity index (χ4v) is 4.68. The number of nitrogens with one attached hydrogen (secondary N) is 1. The smallest absolute Gasteiger partial charge is 0.424 e. The van der Waals surface area contributed by atoms with Crippen LogP contribution in [0.3, 0.4) is 0 Å². The molecule has 1 fully saturated rings. The molecular weight excluding hydrogens is 440 g/mol. The number of amides is 1. The minimum absolute atomic E-state index is 0.0331. The van der Waals surface area contributed by atoms with Crippen LogP contribution in [0.15, 0.2) is 33.6 Å². The fraction of sp³-hybridized carbons (Fsp3) is 0.462. The number of halogens is 1. The van der Waals surface area contributed by atoms with Gasteiger partial charge >= 0.3 is 16.3 Å². The molecule has 1 heterocycles. The van der Waals surface area contributed by atoms with E-state index in [0.717, 1.165) is 0 Å². The lowest BCUT2D eigenvalue weighted by Gasteiger charge is -2.27. The highest BCUT2D eigenvalue weighted by molar-refractivity contribution is 9.10. The van der Waals surface area contributed by atoms with E-state index < -0.39 is 38.6 Å². The molecule has 2 rings (SSSR count). The number of ether oxygens (including phenoxy) is 1. The summed E-state index contributed by atoms with van der Waals surface area (Å²) in [4.78, 5) is 11.3. The lowest BCUT2D eigenvalue weighted by molar-refractivity contribution is 0.169. The molecule has 1 amide bonds. The van der Waals surface area contributed by atoms with Crippen molar-refractivity contribution in [2.75, 3.05) is 19.8 Å². The Bertz CT molecular complexity index is 851. The summed E-state index contributed by atoms with van der Waals surface area (Å²) in [6, 6.07) is 5.81. The molecule has 1 aromatic rings. The van der Waals surface area contributed by atoms with Crippen LogP contribution in [0.25, 0.3) is 0 Å². The van der Waals surface area contributed by atoms with Gasteiger partial charge in [0.15, 0.2) is 0 Å². The number of nitrogens with zero attached hydrogens (tertiary/aromatic N) is 1. The van der Waals surface area contributed by atoms with Crippen LogP contribution in [-0.4, -0.2) is 52.5 Å². The Balaban J connectivity index is 2.05. The predicted octanol–water partition coefficient (Wildman–Crippen LogP) is 1.22. The Labute approximate surface area is 154 Å². The average molecular weight is 457 g/mol. The number of hydrogen-bond acceptors (Lipinski definition) is 7. The first kappa shape index (κ1) is 20.1. The lowest BCUT2D eigenvalue weighted by atomic mass is 10.1. The number of benzene rings is 1. The van der Waals surface area contributed by atoms with E-state index in [1.165, 1.54) is 26.0 Å². The van der Waals surface area contributed by atoms with Crippen molar-refractivity contribution in [1.82, 2.24) is 9.03 Å². The number of carbonyl (C=O) groups excluding carboxylic acids is 1. The maximum Gasteiger partial charge on any atom is 0.424 e. The van der Waals surface area contributed by atoms with Crippen LogP contribution in [-0.2, 0) is 29.2 Å². The third-order valence-electron chi connectivity index (χ3n) is 3.10. The van der Waals surface area contributed by atoms with Gasteiger partial charge in [0.25, 0.3) is 10.1 Å². The van der Waals surface area contributed by atoms with Crippen molar-refractivity contribution in [2.45, 2.75) is 24.3 Å². The van der Waals surface area contributed by atoms with Gasteiger partial charge in [-0.15, -0.1) is 0 Å². The lowest BCUT2D eigenvalue weighted by Crippen LogP contribution is -2.53. The molecule has 0 saturated carbocycles. The molecule has 0 aromatic heterocycles. The van der Waals surface area contributed by atoms with Gasteiger partial charge in [-0.1, -0.05) is 15.9 Å². The highest BCUT2D eigenvalue weighted by atomic mass is 79.9. The van der Waals surface area contributed by atoms with E-state index in [-0.39, 0.29) is 18.0 Å². The zero-order chi connectivity index (χ0) is 18.9. The van der Waals surface area contributed by atoms with Gasteiger partial charge in [-0.25, -0.2) is 4.79 Å². The topological polar surface area (TPSA) is 119 Å². The zero-order valence-electron chi connectivity index (χ0n) is 13.4. The van der Waals surface area contributed by atoms with E-state index >= 15 is 0 Å². The van der Waals surface area contributed by atoms with Crippen LogP contribution in [0.1, 0.15) is 13.8 Å². The first-order valence-electron chi connectivity index (χ1n) is 7.06. The van der Waals surface area contributed by atoms with Crippen molar-refractivity contribution >= 4 is 42.4 Å². The highest BCUT2D eigenvalue weighted by Gasteiger charge is 2.37. The molecule has 0 unspecified atom stereocenters. The largest absolute Gasteiger partial charge is 0.447 e. The summed E-state index contributed by atoms with van der Waals surface area (Å²) in [7, 11) is -8.23. The van der Waals surface area contributed by atoms with E-state index in [1.807, 2.05) is 0 Å². The number of cyclic esters (lactones) is 1. The van der Waals surface area contributed by atoms with Crippen LogP contribution < -0.4 is 4.72 Å². The molecule has 0 aliphatic carbocycles. The zero-order valence-corrected chi connectivity index (χ0v) is 16.6. The van der Waals surface area contributed by atoms with Gasteiger partial charge in [0.05, 0.1) is 23.6 Å². The van der Waals surface area contributed by atoms with Crippen LogP contribution >= 0.6 is 15.9 Å². The summed E-state index contributed by atoms with van der Waals surface area (Å²) in [6.45, 7) is 2.26. The summed E-state index contributed by atoms with van der Waals surface area (Å²) in [5.41, 5.74) is -1.29. The average Bonchev–Trinajstić information content (AvgIpc) is 2.92. The molecule has 1 N–H and O–H groups in total. The van der Waals surface area contributed by atoms with Crippen molar-refractivity contribution in [1.29, 1.82) is 0 Å². The van der Waals surface area contributed by atoms with E-state index in [2.05, 4.69) is 25.4 Å². The SMILES string of the molecule is CC(C)(COS(=O)(=O)c1ccc(Br)cc1)NS(=O)(=O)N1CCOC1=O. The molecule has 25 heavy (non-hydrogen) atoms. The first-order chi connectivity index (χ1) is 11.4. The Morgan fingerprint density at radius 1 is 1.24 bits per heavy atom. The van der Waals surface area contributed by atoms with Crippen molar-refractivity contribution in [3.63, 3.8) is 0 Å². The maximum atomic E-state index is 12.2. The molecule has 0 bridgehead atoms. The minimum atomic E-state index is -4.18. The van der Waals surface area contributed by atoms with Crippen molar-refractivity contribution in [3.8, 4) is 0 Å². The van der Waals surface area contributed by atoms with Crippen LogP contribution in [0, 0.1) is 0 Å². The second kappa shape index (κ2) is 7.19. The van der Waals surface area contributed by atoms with Gasteiger partial charge in [0.1, 0.15) is 6.61 Å². The summed E-state index contributed by atoms with van der Waals surface area (Å²) in [5.74, 6) is 0. The number of rotatable bonds is 7. The van der Waals surface area contributed by atoms with Crippen LogP contribution in [0.2, 0.25) is 0 Å².